The van der Waals surface area contributed by atoms with Crippen LogP contribution < -0.4 is 0 Å². The molecule has 0 aliphatic heterocycles. The van der Waals surface area contributed by atoms with Crippen LogP contribution in [0.2, 0.25) is 0 Å². The molecule has 0 N–H and O–H groups in total. The Morgan fingerprint density at radius 1 is 1.33 bits per heavy atom. The molecule has 0 bridgehead atoms. The van der Waals surface area contributed by atoms with Crippen LogP contribution in [0.5, 0.6) is 0 Å². The molecule has 1 aliphatic carbocycles. The molecule has 1 aliphatic rings. The molecule has 0 amide bonds. The number of rotatable bonds is 2. The predicted molar refractivity (Wildman–Crippen MR) is 42.1 cm³/mol. The molecule has 0 saturated heterocycles. The van der Waals surface area contributed by atoms with Gasteiger partial charge in [-0.05, 0) is 12.3 Å². The summed E-state index contributed by atoms with van der Waals surface area (Å²) < 4.78 is 25.7. The van der Waals surface area contributed by atoms with Crippen molar-refractivity contribution in [1.82, 2.24) is 0 Å². The van der Waals surface area contributed by atoms with Gasteiger partial charge in [-0.2, -0.15) is 0 Å². The summed E-state index contributed by atoms with van der Waals surface area (Å²) in [6.45, 7) is 3.66. The summed E-state index contributed by atoms with van der Waals surface area (Å²) in [6.07, 6.45) is 0.658. The Balaban J connectivity index is 2.80. The second-order valence-electron chi connectivity index (χ2n) is 4.04. The van der Waals surface area contributed by atoms with E-state index in [0.717, 1.165) is 6.29 Å². The van der Waals surface area contributed by atoms with E-state index in [9.17, 15) is 13.6 Å². The summed E-state index contributed by atoms with van der Waals surface area (Å²) in [7, 11) is 0. The van der Waals surface area contributed by atoms with Crippen molar-refractivity contribution < 1.29 is 13.6 Å². The van der Waals surface area contributed by atoms with Crippen LogP contribution in [-0.2, 0) is 4.79 Å². The highest BCUT2D eigenvalue weighted by molar-refractivity contribution is 5.60. The van der Waals surface area contributed by atoms with Gasteiger partial charge in [-0.1, -0.05) is 13.8 Å². The Hall–Kier alpha value is -0.470. The van der Waals surface area contributed by atoms with Crippen molar-refractivity contribution in [3.8, 4) is 0 Å². The molecule has 12 heavy (non-hydrogen) atoms. The standard InChI is InChI=1S/C9H14F2O/c1-7(2)8(6-12)3-4-9(10,11)5-8/h6-7H,3-5H2,1-2H3. The van der Waals surface area contributed by atoms with Crippen molar-refractivity contribution in [3.63, 3.8) is 0 Å². The molecular formula is C9H14F2O. The largest absolute Gasteiger partial charge is 0.303 e. The maximum absolute atomic E-state index is 12.8. The monoisotopic (exact) mass is 176 g/mol. The lowest BCUT2D eigenvalue weighted by Crippen LogP contribution is -2.27. The van der Waals surface area contributed by atoms with E-state index < -0.39 is 11.3 Å². The fraction of sp³-hybridized carbons (Fsp3) is 0.889. The number of alkyl halides is 2. The second kappa shape index (κ2) is 2.79. The van der Waals surface area contributed by atoms with Crippen molar-refractivity contribution in [2.24, 2.45) is 11.3 Å². The van der Waals surface area contributed by atoms with E-state index in [1.807, 2.05) is 13.8 Å². The maximum Gasteiger partial charge on any atom is 0.249 e. The zero-order valence-corrected chi connectivity index (χ0v) is 7.44. The van der Waals surface area contributed by atoms with Crippen molar-refractivity contribution >= 4 is 6.29 Å². The van der Waals surface area contributed by atoms with Crippen LogP contribution in [0, 0.1) is 11.3 Å². The summed E-state index contributed by atoms with van der Waals surface area (Å²) in [5, 5.41) is 0. The minimum atomic E-state index is -2.62. The first-order chi connectivity index (χ1) is 5.42. The molecule has 0 radical (unpaired) electrons. The highest BCUT2D eigenvalue weighted by Crippen LogP contribution is 2.49. The van der Waals surface area contributed by atoms with Gasteiger partial charge >= 0.3 is 0 Å². The van der Waals surface area contributed by atoms with Gasteiger partial charge in [0.05, 0.1) is 0 Å². The molecule has 1 atom stereocenters. The molecule has 1 rings (SSSR count). The average molecular weight is 176 g/mol. The SMILES string of the molecule is CC(C)C1(C=O)CCC(F)(F)C1. The van der Waals surface area contributed by atoms with Crippen LogP contribution in [0.4, 0.5) is 8.78 Å². The van der Waals surface area contributed by atoms with Gasteiger partial charge in [0.25, 0.3) is 0 Å². The average Bonchev–Trinajstić information content (AvgIpc) is 2.27. The molecule has 1 nitrogen and oxygen atoms in total. The van der Waals surface area contributed by atoms with Crippen molar-refractivity contribution in [3.05, 3.63) is 0 Å². The highest BCUT2D eigenvalue weighted by atomic mass is 19.3. The van der Waals surface area contributed by atoms with Gasteiger partial charge in [0.2, 0.25) is 5.92 Å². The summed E-state index contributed by atoms with van der Waals surface area (Å²) in [5.41, 5.74) is -0.760. The Morgan fingerprint density at radius 3 is 2.08 bits per heavy atom. The van der Waals surface area contributed by atoms with Crippen LogP contribution in [0.15, 0.2) is 0 Å². The van der Waals surface area contributed by atoms with E-state index in [2.05, 4.69) is 0 Å². The fourth-order valence-electron chi connectivity index (χ4n) is 1.80. The topological polar surface area (TPSA) is 17.1 Å². The number of hydrogen-bond donors (Lipinski definition) is 0. The van der Waals surface area contributed by atoms with Gasteiger partial charge in [-0.25, -0.2) is 8.78 Å². The van der Waals surface area contributed by atoms with Gasteiger partial charge in [0.15, 0.2) is 0 Å². The lowest BCUT2D eigenvalue weighted by molar-refractivity contribution is -0.120. The zero-order valence-electron chi connectivity index (χ0n) is 7.44. The Morgan fingerprint density at radius 2 is 1.92 bits per heavy atom. The Kier molecular flexibility index (Phi) is 2.23. The number of halogens is 2. The van der Waals surface area contributed by atoms with E-state index >= 15 is 0 Å². The fourth-order valence-corrected chi connectivity index (χ4v) is 1.80. The normalized spacial score (nSPS) is 34.1. The number of carbonyl (C=O) groups is 1. The van der Waals surface area contributed by atoms with Gasteiger partial charge in [0.1, 0.15) is 6.29 Å². The van der Waals surface area contributed by atoms with Crippen molar-refractivity contribution in [2.75, 3.05) is 0 Å². The van der Waals surface area contributed by atoms with Crippen molar-refractivity contribution in [1.29, 1.82) is 0 Å². The van der Waals surface area contributed by atoms with Gasteiger partial charge in [0, 0.05) is 18.3 Å². The number of carbonyl (C=O) groups excluding carboxylic acids is 1. The first-order valence-corrected chi connectivity index (χ1v) is 4.26. The van der Waals surface area contributed by atoms with Crippen LogP contribution in [0.1, 0.15) is 33.1 Å². The van der Waals surface area contributed by atoms with Crippen LogP contribution in [0.3, 0.4) is 0 Å². The molecule has 1 unspecified atom stereocenters. The second-order valence-corrected chi connectivity index (χ2v) is 4.04. The smallest absolute Gasteiger partial charge is 0.249 e. The molecule has 0 aromatic carbocycles. The third kappa shape index (κ3) is 1.50. The van der Waals surface area contributed by atoms with Crippen molar-refractivity contribution in [2.45, 2.75) is 39.0 Å². The molecule has 1 fully saturated rings. The minimum Gasteiger partial charge on any atom is -0.303 e. The third-order valence-corrected chi connectivity index (χ3v) is 2.93. The number of hydrogen-bond acceptors (Lipinski definition) is 1. The molecule has 0 aromatic heterocycles. The van der Waals surface area contributed by atoms with E-state index in [1.165, 1.54) is 0 Å². The quantitative estimate of drug-likeness (QED) is 0.591. The first-order valence-electron chi connectivity index (χ1n) is 4.26. The summed E-state index contributed by atoms with van der Waals surface area (Å²) in [4.78, 5) is 10.7. The Labute approximate surface area is 71.1 Å². The number of aldehydes is 1. The zero-order chi connectivity index (χ0) is 9.41. The summed E-state index contributed by atoms with van der Waals surface area (Å²) >= 11 is 0. The highest BCUT2D eigenvalue weighted by Gasteiger charge is 2.50. The first kappa shape index (κ1) is 9.62. The van der Waals surface area contributed by atoms with Gasteiger partial charge in [-0.15, -0.1) is 0 Å². The molecule has 70 valence electrons. The summed E-state index contributed by atoms with van der Waals surface area (Å²) in [6, 6.07) is 0. The summed E-state index contributed by atoms with van der Waals surface area (Å²) in [5.74, 6) is -2.60. The van der Waals surface area contributed by atoms with E-state index in [-0.39, 0.29) is 18.8 Å². The molecular weight excluding hydrogens is 162 g/mol. The van der Waals surface area contributed by atoms with Gasteiger partial charge in [-0.3, -0.25) is 0 Å². The third-order valence-electron chi connectivity index (χ3n) is 2.93. The lowest BCUT2D eigenvalue weighted by Gasteiger charge is -2.26. The molecule has 0 heterocycles. The maximum atomic E-state index is 12.8. The minimum absolute atomic E-state index is 0.0170. The van der Waals surface area contributed by atoms with Gasteiger partial charge < -0.3 is 4.79 Å². The van der Waals surface area contributed by atoms with E-state index in [1.54, 1.807) is 0 Å². The predicted octanol–water partition coefficient (Wildman–Crippen LogP) is 2.65. The molecule has 1 saturated carbocycles. The molecule has 3 heteroatoms. The molecule has 0 spiro atoms. The van der Waals surface area contributed by atoms with E-state index in [0.29, 0.717) is 6.42 Å². The lowest BCUT2D eigenvalue weighted by atomic mass is 9.77. The van der Waals surface area contributed by atoms with Crippen LogP contribution >= 0.6 is 0 Å². The molecule has 0 aromatic rings. The Bertz CT molecular complexity index is 189. The van der Waals surface area contributed by atoms with Crippen LogP contribution in [0.25, 0.3) is 0 Å². The van der Waals surface area contributed by atoms with Crippen LogP contribution in [-0.4, -0.2) is 12.2 Å². The van der Waals surface area contributed by atoms with E-state index in [4.69, 9.17) is 0 Å².